The van der Waals surface area contributed by atoms with Crippen molar-refractivity contribution in [2.45, 2.75) is 0 Å². The van der Waals surface area contributed by atoms with Crippen molar-refractivity contribution in [1.29, 1.82) is 0 Å². The molecule has 130 valence electrons. The number of hydrogen-bond acceptors (Lipinski definition) is 2. The second-order valence-electron chi connectivity index (χ2n) is 6.17. The lowest BCUT2D eigenvalue weighted by Crippen LogP contribution is -1.94. The van der Waals surface area contributed by atoms with Gasteiger partial charge in [-0.1, -0.05) is 66.7 Å². The largest absolute Gasteiger partial charge is 0.361 e. The number of nitrogens with one attached hydrogen (secondary N) is 1. The first-order chi connectivity index (χ1) is 13.3. The molecule has 4 rings (SSSR count). The lowest BCUT2D eigenvalue weighted by molar-refractivity contribution is 0.104. The number of ketones is 1. The first-order valence-corrected chi connectivity index (χ1v) is 8.78. The van der Waals surface area contributed by atoms with Crippen LogP contribution in [-0.2, 0) is 0 Å². The van der Waals surface area contributed by atoms with E-state index >= 15 is 0 Å². The van der Waals surface area contributed by atoms with Gasteiger partial charge in [0.15, 0.2) is 5.78 Å². The molecule has 0 saturated heterocycles. The molecule has 0 atom stereocenters. The first kappa shape index (κ1) is 16.7. The van der Waals surface area contributed by atoms with E-state index in [1.165, 1.54) is 0 Å². The smallest absolute Gasteiger partial charge is 0.188 e. The average molecular weight is 350 g/mol. The standard InChI is InChI=1S/C24H18N2O/c27-24(15-14-18-8-2-1-3-9-18)21-11-5-7-13-23(21)26-17-19-16-25-22-12-6-4-10-20(19)22/h1-17,25H/b15-14-,26-17?. The molecule has 27 heavy (non-hydrogen) atoms. The molecule has 3 aromatic carbocycles. The van der Waals surface area contributed by atoms with Crippen LogP contribution in [0.25, 0.3) is 17.0 Å². The Kier molecular flexibility index (Phi) is 4.75. The minimum absolute atomic E-state index is 0.0643. The fourth-order valence-corrected chi connectivity index (χ4v) is 2.96. The SMILES string of the molecule is O=C(/C=C\c1ccccc1)c1ccccc1N=Cc1c[nH]c2ccccc12. The van der Waals surface area contributed by atoms with E-state index in [1.54, 1.807) is 18.4 Å². The Balaban J connectivity index is 1.61. The molecule has 1 aromatic heterocycles. The second kappa shape index (κ2) is 7.67. The molecule has 1 heterocycles. The van der Waals surface area contributed by atoms with Crippen molar-refractivity contribution in [2.75, 3.05) is 0 Å². The van der Waals surface area contributed by atoms with Gasteiger partial charge in [0.1, 0.15) is 0 Å². The topological polar surface area (TPSA) is 45.2 Å². The molecular weight excluding hydrogens is 332 g/mol. The van der Waals surface area contributed by atoms with Gasteiger partial charge in [-0.3, -0.25) is 9.79 Å². The molecule has 0 bridgehead atoms. The van der Waals surface area contributed by atoms with E-state index in [-0.39, 0.29) is 5.78 Å². The zero-order chi connectivity index (χ0) is 18.5. The number of fused-ring (bicyclic) bond motifs is 1. The fourth-order valence-electron chi connectivity index (χ4n) is 2.96. The van der Waals surface area contributed by atoms with Gasteiger partial charge in [0.25, 0.3) is 0 Å². The Hall–Kier alpha value is -3.72. The molecule has 0 radical (unpaired) electrons. The van der Waals surface area contributed by atoms with Crippen LogP contribution in [-0.4, -0.2) is 17.0 Å². The molecule has 0 amide bonds. The third-order valence-corrected chi connectivity index (χ3v) is 4.36. The van der Waals surface area contributed by atoms with Gasteiger partial charge in [-0.2, -0.15) is 0 Å². The number of allylic oxidation sites excluding steroid dienone is 1. The van der Waals surface area contributed by atoms with E-state index < -0.39 is 0 Å². The Labute approximate surface area is 157 Å². The van der Waals surface area contributed by atoms with Gasteiger partial charge in [-0.05, 0) is 29.8 Å². The summed E-state index contributed by atoms with van der Waals surface area (Å²) in [6.07, 6.45) is 7.14. The highest BCUT2D eigenvalue weighted by molar-refractivity contribution is 6.10. The first-order valence-electron chi connectivity index (χ1n) is 8.78. The number of carbonyl (C=O) groups is 1. The van der Waals surface area contributed by atoms with E-state index in [0.717, 1.165) is 22.0 Å². The number of aromatic amines is 1. The van der Waals surface area contributed by atoms with E-state index in [2.05, 4.69) is 9.98 Å². The van der Waals surface area contributed by atoms with Crippen molar-refractivity contribution in [3.05, 3.63) is 108 Å². The van der Waals surface area contributed by atoms with E-state index in [4.69, 9.17) is 0 Å². The number of H-pyrrole nitrogens is 1. The number of rotatable bonds is 5. The van der Waals surface area contributed by atoms with Gasteiger partial charge >= 0.3 is 0 Å². The predicted molar refractivity (Wildman–Crippen MR) is 112 cm³/mol. The summed E-state index contributed by atoms with van der Waals surface area (Å²) in [5.74, 6) is -0.0643. The van der Waals surface area contributed by atoms with Crippen molar-refractivity contribution < 1.29 is 4.79 Å². The van der Waals surface area contributed by atoms with Crippen LogP contribution in [0.4, 0.5) is 5.69 Å². The van der Waals surface area contributed by atoms with Crippen LogP contribution in [0, 0.1) is 0 Å². The van der Waals surface area contributed by atoms with Gasteiger partial charge in [0.05, 0.1) is 5.69 Å². The van der Waals surface area contributed by atoms with Crippen molar-refractivity contribution in [1.82, 2.24) is 4.98 Å². The van der Waals surface area contributed by atoms with Gasteiger partial charge in [0, 0.05) is 34.4 Å². The number of aromatic nitrogens is 1. The molecule has 3 nitrogen and oxygen atoms in total. The molecule has 0 aliphatic carbocycles. The molecule has 0 fully saturated rings. The maximum Gasteiger partial charge on any atom is 0.188 e. The third-order valence-electron chi connectivity index (χ3n) is 4.36. The van der Waals surface area contributed by atoms with E-state index in [0.29, 0.717) is 11.3 Å². The summed E-state index contributed by atoms with van der Waals surface area (Å²) in [5.41, 5.74) is 4.29. The molecule has 3 heteroatoms. The van der Waals surface area contributed by atoms with Crippen LogP contribution in [0.2, 0.25) is 0 Å². The molecule has 0 spiro atoms. The normalized spacial score (nSPS) is 11.6. The predicted octanol–water partition coefficient (Wildman–Crippen LogP) is 5.81. The average Bonchev–Trinajstić information content (AvgIpc) is 3.15. The van der Waals surface area contributed by atoms with Gasteiger partial charge < -0.3 is 4.98 Å². The van der Waals surface area contributed by atoms with Gasteiger partial charge in [-0.25, -0.2) is 0 Å². The monoisotopic (exact) mass is 350 g/mol. The van der Waals surface area contributed by atoms with Crippen LogP contribution in [0.15, 0.2) is 96.1 Å². The Morgan fingerprint density at radius 2 is 1.59 bits per heavy atom. The van der Waals surface area contributed by atoms with Gasteiger partial charge in [0.2, 0.25) is 0 Å². The Morgan fingerprint density at radius 3 is 2.48 bits per heavy atom. The molecular formula is C24H18N2O. The Bertz CT molecular complexity index is 1140. The zero-order valence-corrected chi connectivity index (χ0v) is 14.7. The second-order valence-corrected chi connectivity index (χ2v) is 6.17. The highest BCUT2D eigenvalue weighted by Gasteiger charge is 2.07. The molecule has 4 aromatic rings. The molecule has 1 N–H and O–H groups in total. The highest BCUT2D eigenvalue weighted by atomic mass is 16.1. The van der Waals surface area contributed by atoms with Crippen molar-refractivity contribution in [3.63, 3.8) is 0 Å². The van der Waals surface area contributed by atoms with Crippen molar-refractivity contribution in [2.24, 2.45) is 4.99 Å². The minimum Gasteiger partial charge on any atom is -0.361 e. The summed E-state index contributed by atoms with van der Waals surface area (Å²) in [4.78, 5) is 20.5. The maximum absolute atomic E-state index is 12.6. The molecule has 0 aliphatic rings. The summed E-state index contributed by atoms with van der Waals surface area (Å²) in [6.45, 7) is 0. The van der Waals surface area contributed by atoms with Crippen molar-refractivity contribution in [3.8, 4) is 0 Å². The van der Waals surface area contributed by atoms with Crippen LogP contribution in [0.5, 0.6) is 0 Å². The lowest BCUT2D eigenvalue weighted by atomic mass is 10.1. The number of benzene rings is 3. The van der Waals surface area contributed by atoms with Crippen molar-refractivity contribution >= 4 is 34.7 Å². The van der Waals surface area contributed by atoms with E-state index in [1.807, 2.05) is 85.1 Å². The number of nitrogens with zero attached hydrogens (tertiary/aromatic N) is 1. The maximum atomic E-state index is 12.6. The molecule has 0 unspecified atom stereocenters. The summed E-state index contributed by atoms with van der Waals surface area (Å²) in [7, 11) is 0. The van der Waals surface area contributed by atoms with Gasteiger partial charge in [-0.15, -0.1) is 0 Å². The van der Waals surface area contributed by atoms with Crippen LogP contribution >= 0.6 is 0 Å². The minimum atomic E-state index is -0.0643. The van der Waals surface area contributed by atoms with Crippen LogP contribution in [0.3, 0.4) is 0 Å². The summed E-state index contributed by atoms with van der Waals surface area (Å²) in [5, 5.41) is 1.11. The highest BCUT2D eigenvalue weighted by Crippen LogP contribution is 2.22. The number of para-hydroxylation sites is 2. The van der Waals surface area contributed by atoms with Crippen LogP contribution < -0.4 is 0 Å². The quantitative estimate of drug-likeness (QED) is 0.275. The Morgan fingerprint density at radius 1 is 0.852 bits per heavy atom. The summed E-state index contributed by atoms with van der Waals surface area (Å²) in [6, 6.07) is 25.2. The zero-order valence-electron chi connectivity index (χ0n) is 14.7. The summed E-state index contributed by atoms with van der Waals surface area (Å²) < 4.78 is 0. The number of carbonyl (C=O) groups excluding carboxylic acids is 1. The lowest BCUT2D eigenvalue weighted by Gasteiger charge is -2.01. The summed E-state index contributed by atoms with van der Waals surface area (Å²) >= 11 is 0. The van der Waals surface area contributed by atoms with E-state index in [9.17, 15) is 4.79 Å². The molecule has 0 saturated carbocycles. The third kappa shape index (κ3) is 3.77. The number of hydrogen-bond donors (Lipinski definition) is 1. The number of aliphatic imine (C=N–C) groups is 1. The van der Waals surface area contributed by atoms with Crippen LogP contribution in [0.1, 0.15) is 21.5 Å². The molecule has 0 aliphatic heterocycles. The fraction of sp³-hybridized carbons (Fsp3) is 0.